The van der Waals surface area contributed by atoms with Gasteiger partial charge in [-0.05, 0) is 18.1 Å². The van der Waals surface area contributed by atoms with E-state index in [1.807, 2.05) is 0 Å². The van der Waals surface area contributed by atoms with E-state index in [9.17, 15) is 0 Å². The number of ether oxygens (including phenoxy) is 1. The van der Waals surface area contributed by atoms with Gasteiger partial charge in [-0.1, -0.05) is 27.4 Å². The molecule has 0 fully saturated rings. The summed E-state index contributed by atoms with van der Waals surface area (Å²) in [6, 6.07) is 3.42. The number of rotatable bonds is 7. The zero-order chi connectivity index (χ0) is 11.0. The first-order chi connectivity index (χ1) is 6.64. The fourth-order valence-electron chi connectivity index (χ4n) is 1.42. The minimum atomic E-state index is -1.54. The molecule has 0 aliphatic carbocycles. The van der Waals surface area contributed by atoms with Gasteiger partial charge < -0.3 is 9.16 Å². The molecule has 0 N–H and O–H groups in total. The smallest absolute Gasteiger partial charge is 0.250 e. The predicted molar refractivity (Wildman–Crippen MR) is 63.6 cm³/mol. The van der Waals surface area contributed by atoms with Crippen LogP contribution in [0.15, 0.2) is 24.7 Å². The average molecular weight is 214 g/mol. The van der Waals surface area contributed by atoms with Gasteiger partial charge in [-0.15, -0.1) is 0 Å². The van der Waals surface area contributed by atoms with E-state index in [4.69, 9.17) is 9.16 Å². The van der Waals surface area contributed by atoms with Crippen molar-refractivity contribution < 1.29 is 9.16 Å². The van der Waals surface area contributed by atoms with E-state index < -0.39 is 8.32 Å². The van der Waals surface area contributed by atoms with Gasteiger partial charge in [0, 0.05) is 6.08 Å². The van der Waals surface area contributed by atoms with E-state index in [0.717, 1.165) is 23.9 Å². The molecule has 0 unspecified atom stereocenters. The van der Waals surface area contributed by atoms with Gasteiger partial charge in [-0.2, -0.15) is 0 Å². The predicted octanol–water partition coefficient (Wildman–Crippen LogP) is 3.68. The molecule has 3 heteroatoms. The van der Waals surface area contributed by atoms with Gasteiger partial charge in [0.05, 0.1) is 19.1 Å². The number of allylic oxidation sites excluding steroid dienone is 1. The van der Waals surface area contributed by atoms with Crippen LogP contribution in [0.3, 0.4) is 0 Å². The fourth-order valence-corrected chi connectivity index (χ4v) is 3.98. The molecule has 0 radical (unpaired) electrons. The summed E-state index contributed by atoms with van der Waals surface area (Å²) in [6.45, 7) is 10.5. The highest BCUT2D eigenvalue weighted by Gasteiger charge is 2.30. The van der Waals surface area contributed by atoms with Gasteiger partial charge in [0.2, 0.25) is 8.32 Å². The number of methoxy groups -OCH3 is 1. The van der Waals surface area contributed by atoms with E-state index >= 15 is 0 Å². The van der Waals surface area contributed by atoms with E-state index in [-0.39, 0.29) is 0 Å². The van der Waals surface area contributed by atoms with Crippen LogP contribution in [0, 0.1) is 0 Å². The average Bonchev–Trinajstić information content (AvgIpc) is 2.23. The number of hydrogen-bond donors (Lipinski definition) is 0. The summed E-state index contributed by atoms with van der Waals surface area (Å²) in [6.07, 6.45) is 3.38. The van der Waals surface area contributed by atoms with Crippen molar-refractivity contribution in [1.29, 1.82) is 0 Å². The Kier molecular flexibility index (Phi) is 6.37. The lowest BCUT2D eigenvalue weighted by atomic mass is 10.5. The van der Waals surface area contributed by atoms with E-state index in [2.05, 4.69) is 27.4 Å². The maximum Gasteiger partial charge on any atom is 0.250 e. The Morgan fingerprint density at radius 2 is 1.71 bits per heavy atom. The second-order valence-corrected chi connectivity index (χ2v) is 8.04. The molecule has 0 aromatic rings. The largest absolute Gasteiger partial charge is 0.544 e. The summed E-state index contributed by atoms with van der Waals surface area (Å²) in [5, 5.41) is 0. The molecule has 0 rings (SSSR count). The summed E-state index contributed by atoms with van der Waals surface area (Å²) >= 11 is 0. The highest BCUT2D eigenvalue weighted by Crippen LogP contribution is 2.24. The Morgan fingerprint density at radius 1 is 1.21 bits per heavy atom. The first-order valence-corrected chi connectivity index (χ1v) is 7.74. The lowest BCUT2D eigenvalue weighted by Gasteiger charge is -2.28. The zero-order valence-electron chi connectivity index (χ0n) is 9.80. The highest BCUT2D eigenvalue weighted by molar-refractivity contribution is 6.73. The third kappa shape index (κ3) is 4.00. The molecule has 14 heavy (non-hydrogen) atoms. The van der Waals surface area contributed by atoms with E-state index in [1.54, 1.807) is 19.4 Å². The Morgan fingerprint density at radius 3 is 2.07 bits per heavy atom. The molecule has 0 spiro atoms. The second-order valence-electron chi connectivity index (χ2n) is 3.35. The van der Waals surface area contributed by atoms with Crippen LogP contribution in [0.5, 0.6) is 0 Å². The molecule has 82 valence electrons. The minimum Gasteiger partial charge on any atom is -0.544 e. The van der Waals surface area contributed by atoms with Crippen molar-refractivity contribution in [3.63, 3.8) is 0 Å². The van der Waals surface area contributed by atoms with Crippen molar-refractivity contribution >= 4 is 8.32 Å². The van der Waals surface area contributed by atoms with Crippen LogP contribution in [-0.4, -0.2) is 15.4 Å². The van der Waals surface area contributed by atoms with Crippen LogP contribution in [0.25, 0.3) is 0 Å². The summed E-state index contributed by atoms with van der Waals surface area (Å²) < 4.78 is 10.8. The SMILES string of the molecule is C=C(/C=C/OC)O[Si](CC)(CC)CC. The van der Waals surface area contributed by atoms with Crippen LogP contribution < -0.4 is 0 Å². The molecule has 0 heterocycles. The molecule has 2 nitrogen and oxygen atoms in total. The molecular formula is C11H22O2Si. The molecule has 0 aliphatic heterocycles. The maximum absolute atomic E-state index is 5.97. The fraction of sp³-hybridized carbons (Fsp3) is 0.636. The van der Waals surface area contributed by atoms with Crippen LogP contribution >= 0.6 is 0 Å². The summed E-state index contributed by atoms with van der Waals surface area (Å²) in [5.74, 6) is 0.726. The van der Waals surface area contributed by atoms with Crippen LogP contribution in [-0.2, 0) is 9.16 Å². The molecule has 0 bridgehead atoms. The summed E-state index contributed by atoms with van der Waals surface area (Å²) in [5.41, 5.74) is 0. The molecule has 0 saturated carbocycles. The van der Waals surface area contributed by atoms with Gasteiger partial charge in [-0.3, -0.25) is 0 Å². The maximum atomic E-state index is 5.97. The Bertz CT molecular complexity index is 187. The Labute approximate surface area is 88.7 Å². The van der Waals surface area contributed by atoms with Gasteiger partial charge in [0.15, 0.2) is 0 Å². The molecule has 0 aromatic heterocycles. The van der Waals surface area contributed by atoms with Crippen molar-refractivity contribution in [3.05, 3.63) is 24.7 Å². The lowest BCUT2D eigenvalue weighted by Crippen LogP contribution is -2.34. The zero-order valence-corrected chi connectivity index (χ0v) is 10.8. The second kappa shape index (κ2) is 6.71. The van der Waals surface area contributed by atoms with Crippen molar-refractivity contribution in [3.8, 4) is 0 Å². The standard InChI is InChI=1S/C11H22O2Si/c1-6-14(7-2,8-3)13-11(4)9-10-12-5/h9-10H,4,6-8H2,1-3,5H3/b10-9+. The summed E-state index contributed by atoms with van der Waals surface area (Å²) in [4.78, 5) is 0. The van der Waals surface area contributed by atoms with Gasteiger partial charge >= 0.3 is 0 Å². The monoisotopic (exact) mass is 214 g/mol. The topological polar surface area (TPSA) is 18.5 Å². The van der Waals surface area contributed by atoms with Crippen LogP contribution in [0.4, 0.5) is 0 Å². The Hall–Kier alpha value is -0.703. The molecule has 0 aromatic carbocycles. The van der Waals surface area contributed by atoms with Gasteiger partial charge in [0.1, 0.15) is 0 Å². The number of hydrogen-bond acceptors (Lipinski definition) is 2. The van der Waals surface area contributed by atoms with Crippen molar-refractivity contribution in [2.24, 2.45) is 0 Å². The van der Waals surface area contributed by atoms with Crippen LogP contribution in [0.1, 0.15) is 20.8 Å². The lowest BCUT2D eigenvalue weighted by molar-refractivity contribution is 0.333. The third-order valence-electron chi connectivity index (χ3n) is 2.67. The molecule has 0 aliphatic rings. The quantitative estimate of drug-likeness (QED) is 0.365. The normalized spacial score (nSPS) is 11.7. The highest BCUT2D eigenvalue weighted by atomic mass is 28.4. The van der Waals surface area contributed by atoms with E-state index in [0.29, 0.717) is 0 Å². The summed E-state index contributed by atoms with van der Waals surface area (Å²) in [7, 11) is 0.0822. The molecule has 0 atom stereocenters. The van der Waals surface area contributed by atoms with Crippen molar-refractivity contribution in [2.45, 2.75) is 38.9 Å². The van der Waals surface area contributed by atoms with Crippen molar-refractivity contribution in [2.75, 3.05) is 7.11 Å². The van der Waals surface area contributed by atoms with Gasteiger partial charge in [0.25, 0.3) is 0 Å². The first kappa shape index (κ1) is 13.3. The third-order valence-corrected chi connectivity index (χ3v) is 7.23. The van der Waals surface area contributed by atoms with Crippen molar-refractivity contribution in [1.82, 2.24) is 0 Å². The molecule has 0 saturated heterocycles. The first-order valence-electron chi connectivity index (χ1n) is 5.21. The molecular weight excluding hydrogens is 192 g/mol. The Balaban J connectivity index is 4.29. The van der Waals surface area contributed by atoms with E-state index in [1.165, 1.54) is 0 Å². The van der Waals surface area contributed by atoms with Crippen LogP contribution in [0.2, 0.25) is 18.1 Å². The molecule has 0 amide bonds. The van der Waals surface area contributed by atoms with Gasteiger partial charge in [-0.25, -0.2) is 0 Å². The minimum absolute atomic E-state index is 0.726.